The molecule has 160 valence electrons. The largest absolute Gasteiger partial charge is 0.416 e. The van der Waals surface area contributed by atoms with Crippen molar-refractivity contribution >= 4 is 22.0 Å². The van der Waals surface area contributed by atoms with Gasteiger partial charge in [0.05, 0.1) is 11.3 Å². The van der Waals surface area contributed by atoms with Crippen molar-refractivity contribution in [1.29, 1.82) is 0 Å². The van der Waals surface area contributed by atoms with E-state index in [1.165, 1.54) is 33.5 Å². The molecule has 0 radical (unpaired) electrons. The molecular weight excluding hydrogens is 417 g/mol. The Hall–Kier alpha value is -2.65. The maximum Gasteiger partial charge on any atom is 0.416 e. The molecule has 2 aromatic rings. The normalized spacial score (nSPS) is 16.2. The summed E-state index contributed by atoms with van der Waals surface area (Å²) in [6.07, 6.45) is -1.67. The van der Waals surface area contributed by atoms with E-state index in [1.807, 2.05) is 6.07 Å². The summed E-state index contributed by atoms with van der Waals surface area (Å²) in [5, 5.41) is 0. The van der Waals surface area contributed by atoms with E-state index in [0.29, 0.717) is 11.1 Å². The van der Waals surface area contributed by atoms with Crippen molar-refractivity contribution in [2.24, 2.45) is 0 Å². The second-order valence-electron chi connectivity index (χ2n) is 6.92. The van der Waals surface area contributed by atoms with Crippen LogP contribution in [0, 0.1) is 0 Å². The number of amides is 1. The Bertz CT molecular complexity index is 996. The molecule has 0 aliphatic carbocycles. The van der Waals surface area contributed by atoms with Crippen LogP contribution in [-0.2, 0) is 26.7 Å². The van der Waals surface area contributed by atoms with E-state index < -0.39 is 21.8 Å². The standard InChI is InChI=1S/C21H21F3N2O3S/c22-21(23,24)19-9-6-17(7-10-19)8-11-20(27)25-12-14-26(15-13-25)30(28,29)16-18-4-2-1-3-5-18/h1-11H,12-16H2/b11-8+. The summed E-state index contributed by atoms with van der Waals surface area (Å²) in [4.78, 5) is 13.9. The number of piperazine rings is 1. The van der Waals surface area contributed by atoms with E-state index in [9.17, 15) is 26.4 Å². The van der Waals surface area contributed by atoms with Crippen LogP contribution >= 0.6 is 0 Å². The lowest BCUT2D eigenvalue weighted by molar-refractivity contribution is -0.137. The molecule has 0 atom stereocenters. The third kappa shape index (κ3) is 5.70. The minimum atomic E-state index is -4.40. The summed E-state index contributed by atoms with van der Waals surface area (Å²) in [7, 11) is -3.47. The molecule has 0 aromatic heterocycles. The van der Waals surface area contributed by atoms with Gasteiger partial charge in [-0.3, -0.25) is 4.79 Å². The molecule has 30 heavy (non-hydrogen) atoms. The van der Waals surface area contributed by atoms with Crippen LogP contribution in [0.3, 0.4) is 0 Å². The Morgan fingerprint density at radius 2 is 1.53 bits per heavy atom. The summed E-state index contributed by atoms with van der Waals surface area (Å²) in [5.41, 5.74) is 0.426. The number of benzene rings is 2. The zero-order chi connectivity index (χ0) is 21.8. The fraction of sp³-hybridized carbons (Fsp3) is 0.286. The maximum atomic E-state index is 12.6. The molecule has 0 saturated carbocycles. The molecule has 1 saturated heterocycles. The summed E-state index contributed by atoms with van der Waals surface area (Å²) >= 11 is 0. The molecule has 1 fully saturated rings. The SMILES string of the molecule is O=C(/C=C/c1ccc(C(F)(F)F)cc1)N1CCN(S(=O)(=O)Cc2ccccc2)CC1. The van der Waals surface area contributed by atoms with E-state index in [2.05, 4.69) is 0 Å². The van der Waals surface area contributed by atoms with Crippen LogP contribution in [0.4, 0.5) is 13.2 Å². The van der Waals surface area contributed by atoms with Gasteiger partial charge >= 0.3 is 6.18 Å². The minimum Gasteiger partial charge on any atom is -0.337 e. The molecule has 9 heteroatoms. The van der Waals surface area contributed by atoms with Gasteiger partial charge in [-0.2, -0.15) is 17.5 Å². The number of halogens is 3. The first-order valence-electron chi connectivity index (χ1n) is 9.31. The predicted octanol–water partition coefficient (Wildman–Crippen LogP) is 3.39. The molecule has 1 aliphatic heterocycles. The molecule has 0 N–H and O–H groups in total. The monoisotopic (exact) mass is 438 g/mol. The van der Waals surface area contributed by atoms with Crippen molar-refractivity contribution in [3.8, 4) is 0 Å². The van der Waals surface area contributed by atoms with Crippen LogP contribution in [0.5, 0.6) is 0 Å². The molecule has 0 spiro atoms. The van der Waals surface area contributed by atoms with E-state index in [1.54, 1.807) is 24.3 Å². The lowest BCUT2D eigenvalue weighted by atomic mass is 10.1. The maximum absolute atomic E-state index is 12.6. The summed E-state index contributed by atoms with van der Waals surface area (Å²) in [6.45, 7) is 0.915. The lowest BCUT2D eigenvalue weighted by Crippen LogP contribution is -2.50. The Kier molecular flexibility index (Phi) is 6.62. The first-order chi connectivity index (χ1) is 14.1. The summed E-state index contributed by atoms with van der Waals surface area (Å²) in [6, 6.07) is 13.4. The van der Waals surface area contributed by atoms with Gasteiger partial charge in [0.15, 0.2) is 0 Å². The van der Waals surface area contributed by atoms with Crippen LogP contribution in [-0.4, -0.2) is 49.7 Å². The number of rotatable bonds is 5. The highest BCUT2D eigenvalue weighted by molar-refractivity contribution is 7.88. The molecule has 0 unspecified atom stereocenters. The van der Waals surface area contributed by atoms with Crippen molar-refractivity contribution in [2.45, 2.75) is 11.9 Å². The second kappa shape index (κ2) is 9.01. The van der Waals surface area contributed by atoms with Crippen molar-refractivity contribution < 1.29 is 26.4 Å². The van der Waals surface area contributed by atoms with Gasteiger partial charge in [-0.05, 0) is 29.3 Å². The lowest BCUT2D eigenvalue weighted by Gasteiger charge is -2.33. The quantitative estimate of drug-likeness (QED) is 0.673. The molecular formula is C21H21F3N2O3S. The molecule has 1 aliphatic rings. The molecule has 1 amide bonds. The van der Waals surface area contributed by atoms with Crippen molar-refractivity contribution in [3.05, 3.63) is 77.4 Å². The first-order valence-corrected chi connectivity index (χ1v) is 10.9. The fourth-order valence-corrected chi connectivity index (χ4v) is 4.63. The van der Waals surface area contributed by atoms with Crippen molar-refractivity contribution in [1.82, 2.24) is 9.21 Å². The molecule has 0 bridgehead atoms. The van der Waals surface area contributed by atoms with Gasteiger partial charge in [-0.15, -0.1) is 0 Å². The van der Waals surface area contributed by atoms with Gasteiger partial charge in [-0.25, -0.2) is 8.42 Å². The number of nitrogens with zero attached hydrogens (tertiary/aromatic N) is 2. The average molecular weight is 438 g/mol. The van der Waals surface area contributed by atoms with Crippen molar-refractivity contribution in [3.63, 3.8) is 0 Å². The van der Waals surface area contributed by atoms with E-state index in [4.69, 9.17) is 0 Å². The van der Waals surface area contributed by atoms with Gasteiger partial charge in [0.1, 0.15) is 0 Å². The summed E-state index contributed by atoms with van der Waals surface area (Å²) in [5.74, 6) is -0.398. The number of alkyl halides is 3. The van der Waals surface area contributed by atoms with Crippen LogP contribution in [0.1, 0.15) is 16.7 Å². The minimum absolute atomic E-state index is 0.0877. The zero-order valence-corrected chi connectivity index (χ0v) is 16.9. The molecule has 2 aromatic carbocycles. The highest BCUT2D eigenvalue weighted by atomic mass is 32.2. The van der Waals surface area contributed by atoms with Crippen molar-refractivity contribution in [2.75, 3.05) is 26.2 Å². The first kappa shape index (κ1) is 22.0. The Morgan fingerprint density at radius 3 is 2.10 bits per heavy atom. The number of carbonyl (C=O) groups excluding carboxylic acids is 1. The number of sulfonamides is 1. The van der Waals surface area contributed by atoms with Crippen LogP contribution < -0.4 is 0 Å². The van der Waals surface area contributed by atoms with E-state index >= 15 is 0 Å². The zero-order valence-electron chi connectivity index (χ0n) is 16.0. The molecule has 3 rings (SSSR count). The van der Waals surface area contributed by atoms with Gasteiger partial charge in [0, 0.05) is 32.3 Å². The van der Waals surface area contributed by atoms with Crippen LogP contribution in [0.25, 0.3) is 6.08 Å². The highest BCUT2D eigenvalue weighted by Gasteiger charge is 2.30. The summed E-state index contributed by atoms with van der Waals surface area (Å²) < 4.78 is 64.3. The second-order valence-corrected chi connectivity index (χ2v) is 8.89. The predicted molar refractivity (Wildman–Crippen MR) is 108 cm³/mol. The van der Waals surface area contributed by atoms with Gasteiger partial charge in [0.25, 0.3) is 0 Å². The Balaban J connectivity index is 1.54. The smallest absolute Gasteiger partial charge is 0.337 e. The van der Waals surface area contributed by atoms with Gasteiger partial charge in [0.2, 0.25) is 15.9 Å². The third-order valence-electron chi connectivity index (χ3n) is 4.79. The van der Waals surface area contributed by atoms with E-state index in [-0.39, 0.29) is 37.8 Å². The van der Waals surface area contributed by atoms with Gasteiger partial charge in [-0.1, -0.05) is 42.5 Å². The molecule has 5 nitrogen and oxygen atoms in total. The highest BCUT2D eigenvalue weighted by Crippen LogP contribution is 2.29. The Labute approximate surface area is 173 Å². The van der Waals surface area contributed by atoms with Gasteiger partial charge < -0.3 is 4.90 Å². The Morgan fingerprint density at radius 1 is 0.933 bits per heavy atom. The number of carbonyl (C=O) groups is 1. The number of hydrogen-bond donors (Lipinski definition) is 0. The fourth-order valence-electron chi connectivity index (χ4n) is 3.12. The molecule has 1 heterocycles. The average Bonchev–Trinajstić information content (AvgIpc) is 2.72. The third-order valence-corrected chi connectivity index (χ3v) is 6.64. The van der Waals surface area contributed by atoms with Crippen LogP contribution in [0.2, 0.25) is 0 Å². The van der Waals surface area contributed by atoms with E-state index in [0.717, 1.165) is 12.1 Å². The number of hydrogen-bond acceptors (Lipinski definition) is 3. The van der Waals surface area contributed by atoms with Crippen LogP contribution in [0.15, 0.2) is 60.7 Å². The topological polar surface area (TPSA) is 57.7 Å².